The van der Waals surface area contributed by atoms with Crippen LogP contribution in [0.5, 0.6) is 0 Å². The molecule has 2 rings (SSSR count). The number of ether oxygens (including phenoxy) is 4. The monoisotopic (exact) mass is 643 g/mol. The van der Waals surface area contributed by atoms with Crippen LogP contribution < -0.4 is 5.32 Å². The Hall–Kier alpha value is -1.18. The molecule has 0 aromatic rings. The highest BCUT2D eigenvalue weighted by molar-refractivity contribution is 6.04. The molecule has 0 aromatic heterocycles. The summed E-state index contributed by atoms with van der Waals surface area (Å²) in [5.41, 5.74) is -2.46. The lowest BCUT2D eigenvalue weighted by molar-refractivity contribution is -0.298. The lowest BCUT2D eigenvalue weighted by Gasteiger charge is -2.47. The maximum Gasteiger partial charge on any atom is 0.319 e. The van der Waals surface area contributed by atoms with Gasteiger partial charge in [-0.25, -0.2) is 0 Å². The molecule has 3 N–H and O–H groups in total. The largest absolute Gasteiger partial charge is 0.463 e. The molecular weight excluding hydrogens is 578 g/mol. The van der Waals surface area contributed by atoms with Crippen molar-refractivity contribution < 1.29 is 38.7 Å². The van der Waals surface area contributed by atoms with Crippen LogP contribution in [0, 0.1) is 17.3 Å². The number of aliphatic hydroxyl groups is 2. The van der Waals surface area contributed by atoms with E-state index in [9.17, 15) is 19.8 Å². The summed E-state index contributed by atoms with van der Waals surface area (Å²) in [6, 6.07) is -0.624. The number of likely N-dealkylation sites (N-methyl/N-ethyl adjacent to an activating group) is 2. The number of rotatable bonds is 12. The minimum atomic E-state index is -1.49. The number of hydrogen-bond donors (Lipinski definition) is 3. The van der Waals surface area contributed by atoms with Crippen molar-refractivity contribution in [1.82, 2.24) is 15.1 Å². The van der Waals surface area contributed by atoms with E-state index >= 15 is 0 Å². The highest BCUT2D eigenvalue weighted by Crippen LogP contribution is 2.39. The summed E-state index contributed by atoms with van der Waals surface area (Å²) in [4.78, 5) is 32.6. The van der Waals surface area contributed by atoms with E-state index in [0.29, 0.717) is 39.0 Å². The molecule has 2 heterocycles. The van der Waals surface area contributed by atoms with Gasteiger partial charge in [0.15, 0.2) is 12.1 Å². The molecule has 2 aliphatic rings. The normalized spacial score (nSPS) is 38.7. The fourth-order valence-electron chi connectivity index (χ4n) is 7.25. The van der Waals surface area contributed by atoms with E-state index in [1.807, 2.05) is 53.7 Å². The highest BCUT2D eigenvalue weighted by Gasteiger charge is 2.53. The number of cyclic esters (lactones) is 1. The zero-order valence-corrected chi connectivity index (χ0v) is 30.0. The number of ketones is 1. The first-order chi connectivity index (χ1) is 21.1. The van der Waals surface area contributed by atoms with Crippen LogP contribution in [-0.4, -0.2) is 135 Å². The van der Waals surface area contributed by atoms with Crippen LogP contribution in [0.2, 0.25) is 0 Å². The number of esters is 1. The van der Waals surface area contributed by atoms with E-state index in [4.69, 9.17) is 18.9 Å². The van der Waals surface area contributed by atoms with E-state index in [2.05, 4.69) is 17.1 Å². The SMILES string of the molecule is CCCO[C@]1(C)C[C@@H](C)CN(C)C([C@H](O)CCC)COC(=O)[C@](C)(CCNC)C(=O)[C@H](C)[C@H]1O[C@@H]1O[C@H](C)C[C@H](N(C)C)[C@H]1O. The predicted octanol–water partition coefficient (Wildman–Crippen LogP) is 2.85. The van der Waals surface area contributed by atoms with Gasteiger partial charge in [-0.1, -0.05) is 34.1 Å². The van der Waals surface area contributed by atoms with Gasteiger partial charge in [-0.15, -0.1) is 0 Å². The molecule has 45 heavy (non-hydrogen) atoms. The van der Waals surface area contributed by atoms with Crippen LogP contribution in [0.4, 0.5) is 0 Å². The van der Waals surface area contributed by atoms with Crippen LogP contribution in [0.15, 0.2) is 0 Å². The average Bonchev–Trinajstić information content (AvgIpc) is 2.97. The van der Waals surface area contributed by atoms with E-state index in [1.165, 1.54) is 0 Å². The van der Waals surface area contributed by atoms with E-state index in [-0.39, 0.29) is 36.9 Å². The second-order valence-corrected chi connectivity index (χ2v) is 14.4. The molecule has 0 saturated carbocycles. The quantitative estimate of drug-likeness (QED) is 0.214. The van der Waals surface area contributed by atoms with Gasteiger partial charge in [0.2, 0.25) is 0 Å². The van der Waals surface area contributed by atoms with Gasteiger partial charge in [0, 0.05) is 25.1 Å². The standard InChI is InChI=1S/C34H65N3O8/c1-12-14-27(38)26-21-42-32(41)33(6,15-16-35-8)29(40)24(5)30(34(7,43-17-13-2)19-22(3)20-37(26)11)45-31-28(39)25(36(9)10)18-23(4)44-31/h22-28,30-31,35,38-39H,12-21H2,1-11H3/t22-,23-,24+,25+,26?,27-,28-,30-,31+,33-,34-/m1/s1. The summed E-state index contributed by atoms with van der Waals surface area (Å²) in [5.74, 6) is -1.68. The number of hydrogen-bond acceptors (Lipinski definition) is 11. The van der Waals surface area contributed by atoms with Gasteiger partial charge in [-0.3, -0.25) is 14.5 Å². The molecule has 0 spiro atoms. The number of nitrogens with zero attached hydrogens (tertiary/aromatic N) is 2. The van der Waals surface area contributed by atoms with Crippen LogP contribution in [-0.2, 0) is 28.5 Å². The fraction of sp³-hybridized carbons (Fsp3) is 0.941. The lowest BCUT2D eigenvalue weighted by atomic mass is 9.72. The van der Waals surface area contributed by atoms with Gasteiger partial charge in [0.25, 0.3) is 0 Å². The Morgan fingerprint density at radius 1 is 1.16 bits per heavy atom. The molecule has 0 bridgehead atoms. The Bertz CT molecular complexity index is 924. The summed E-state index contributed by atoms with van der Waals surface area (Å²) in [6.45, 7) is 15.0. The average molecular weight is 644 g/mol. The van der Waals surface area contributed by atoms with E-state index in [1.54, 1.807) is 20.9 Å². The van der Waals surface area contributed by atoms with Crippen molar-refractivity contribution >= 4 is 11.8 Å². The molecule has 1 unspecified atom stereocenters. The molecule has 2 saturated heterocycles. The van der Waals surface area contributed by atoms with Crippen LogP contribution in [0.1, 0.15) is 87.0 Å². The molecular formula is C34H65N3O8. The summed E-state index contributed by atoms with van der Waals surface area (Å²) in [5, 5.41) is 25.6. The molecule has 11 nitrogen and oxygen atoms in total. The summed E-state index contributed by atoms with van der Waals surface area (Å²) in [7, 11) is 7.56. The molecule has 0 amide bonds. The Morgan fingerprint density at radius 3 is 2.40 bits per heavy atom. The Labute approximate surface area is 272 Å². The third-order valence-electron chi connectivity index (χ3n) is 9.87. The molecule has 0 radical (unpaired) electrons. The van der Waals surface area contributed by atoms with Crippen molar-refractivity contribution in [1.29, 1.82) is 0 Å². The molecule has 2 aliphatic heterocycles. The maximum atomic E-state index is 14.6. The zero-order chi connectivity index (χ0) is 34.1. The first-order valence-corrected chi connectivity index (χ1v) is 17.1. The number of carbonyl (C=O) groups excluding carboxylic acids is 2. The predicted molar refractivity (Wildman–Crippen MR) is 175 cm³/mol. The third kappa shape index (κ3) is 10.2. The molecule has 11 heteroatoms. The zero-order valence-electron chi connectivity index (χ0n) is 30.0. The van der Waals surface area contributed by atoms with Gasteiger partial charge in [0.1, 0.15) is 18.1 Å². The Morgan fingerprint density at radius 2 is 1.82 bits per heavy atom. The van der Waals surface area contributed by atoms with Gasteiger partial charge >= 0.3 is 5.97 Å². The Kier molecular flexibility index (Phi) is 15.8. The van der Waals surface area contributed by atoms with Gasteiger partial charge < -0.3 is 39.4 Å². The minimum Gasteiger partial charge on any atom is -0.463 e. The Balaban J connectivity index is 2.69. The number of nitrogens with one attached hydrogen (secondary N) is 1. The topological polar surface area (TPSA) is 130 Å². The summed E-state index contributed by atoms with van der Waals surface area (Å²) in [6.07, 6.45) is -0.157. The molecule has 264 valence electrons. The first kappa shape index (κ1) is 40.0. The van der Waals surface area contributed by atoms with Crippen molar-refractivity contribution in [2.24, 2.45) is 17.3 Å². The lowest BCUT2D eigenvalue weighted by Crippen LogP contribution is -2.60. The maximum absolute atomic E-state index is 14.6. The molecule has 0 aliphatic carbocycles. The van der Waals surface area contributed by atoms with Crippen molar-refractivity contribution in [3.05, 3.63) is 0 Å². The smallest absolute Gasteiger partial charge is 0.319 e. The van der Waals surface area contributed by atoms with Crippen molar-refractivity contribution in [3.63, 3.8) is 0 Å². The van der Waals surface area contributed by atoms with Crippen molar-refractivity contribution in [2.75, 3.05) is 54.5 Å². The van der Waals surface area contributed by atoms with Crippen LogP contribution in [0.25, 0.3) is 0 Å². The second kappa shape index (κ2) is 17.8. The molecule has 2 fully saturated rings. The molecule has 11 atom stereocenters. The summed E-state index contributed by atoms with van der Waals surface area (Å²) < 4.78 is 25.5. The van der Waals surface area contributed by atoms with Gasteiger partial charge in [0.05, 0.1) is 30.0 Å². The van der Waals surface area contributed by atoms with Crippen molar-refractivity contribution in [2.45, 2.75) is 135 Å². The van der Waals surface area contributed by atoms with Gasteiger partial charge in [-0.2, -0.15) is 0 Å². The minimum absolute atomic E-state index is 0.0184. The molecule has 0 aromatic carbocycles. The fourth-order valence-corrected chi connectivity index (χ4v) is 7.25. The van der Waals surface area contributed by atoms with Crippen LogP contribution in [0.3, 0.4) is 0 Å². The van der Waals surface area contributed by atoms with E-state index in [0.717, 1.165) is 12.8 Å². The summed E-state index contributed by atoms with van der Waals surface area (Å²) >= 11 is 0. The first-order valence-electron chi connectivity index (χ1n) is 17.1. The highest BCUT2D eigenvalue weighted by atomic mass is 16.7. The second-order valence-electron chi connectivity index (χ2n) is 14.4. The van der Waals surface area contributed by atoms with Crippen LogP contribution >= 0.6 is 0 Å². The number of Topliss-reactive ketones (excluding diaryl/α,β-unsaturated/α-hetero) is 1. The third-order valence-corrected chi connectivity index (χ3v) is 9.87. The van der Waals surface area contributed by atoms with Crippen molar-refractivity contribution in [3.8, 4) is 0 Å². The number of aliphatic hydroxyl groups excluding tert-OH is 2. The van der Waals surface area contributed by atoms with Gasteiger partial charge in [-0.05, 0) is 93.5 Å². The number of carbonyl (C=O) groups is 2. The van der Waals surface area contributed by atoms with E-state index < -0.39 is 53.5 Å².